The molecule has 0 amide bonds. The molecule has 0 aromatic heterocycles. The molecule has 82 valence electrons. The highest BCUT2D eigenvalue weighted by atomic mass is 32.1. The molecule has 0 aromatic carbocycles. The van der Waals surface area contributed by atoms with Gasteiger partial charge in [0.25, 0.3) is 0 Å². The van der Waals surface area contributed by atoms with Gasteiger partial charge in [0, 0.05) is 24.6 Å². The molecule has 0 aliphatic carbocycles. The lowest BCUT2D eigenvalue weighted by atomic mass is 9.90. The fourth-order valence-electron chi connectivity index (χ4n) is 1.46. The highest BCUT2D eigenvalue weighted by Crippen LogP contribution is 2.26. The maximum absolute atomic E-state index is 5.37. The van der Waals surface area contributed by atoms with Crippen molar-refractivity contribution in [1.82, 2.24) is 10.6 Å². The summed E-state index contributed by atoms with van der Waals surface area (Å²) in [5, 5.41) is 7.14. The van der Waals surface area contributed by atoms with Gasteiger partial charge < -0.3 is 15.4 Å². The summed E-state index contributed by atoms with van der Waals surface area (Å²) >= 11 is 5.15. The third-order valence-electron chi connectivity index (χ3n) is 2.40. The molecule has 14 heavy (non-hydrogen) atoms. The van der Waals surface area contributed by atoms with Crippen LogP contribution in [0.2, 0.25) is 0 Å². The number of nitrogens with one attached hydrogen (secondary N) is 2. The maximum Gasteiger partial charge on any atom is 0.166 e. The summed E-state index contributed by atoms with van der Waals surface area (Å²) in [6.07, 6.45) is 1.12. The monoisotopic (exact) mass is 216 g/mol. The summed E-state index contributed by atoms with van der Waals surface area (Å²) in [7, 11) is 0. The molecule has 1 heterocycles. The largest absolute Gasteiger partial charge is 0.381 e. The van der Waals surface area contributed by atoms with Crippen LogP contribution in [-0.2, 0) is 4.74 Å². The molecular weight excluding hydrogens is 196 g/mol. The minimum atomic E-state index is 0.253. The second kappa shape index (κ2) is 4.94. The maximum atomic E-state index is 5.37. The Morgan fingerprint density at radius 3 is 2.79 bits per heavy atom. The van der Waals surface area contributed by atoms with Gasteiger partial charge in [-0.25, -0.2) is 0 Å². The first-order chi connectivity index (χ1) is 6.52. The van der Waals surface area contributed by atoms with Crippen molar-refractivity contribution >= 4 is 17.3 Å². The molecule has 1 aliphatic rings. The first-order valence-corrected chi connectivity index (χ1v) is 5.55. The molecule has 1 unspecified atom stereocenters. The fraction of sp³-hybridized carbons (Fsp3) is 0.900. The van der Waals surface area contributed by atoms with Gasteiger partial charge >= 0.3 is 0 Å². The van der Waals surface area contributed by atoms with E-state index in [0.29, 0.717) is 6.04 Å². The summed E-state index contributed by atoms with van der Waals surface area (Å²) in [5.74, 6) is 0. The highest BCUT2D eigenvalue weighted by Gasteiger charge is 2.29. The normalized spacial score (nSPS) is 26.6. The van der Waals surface area contributed by atoms with Crippen LogP contribution in [0.3, 0.4) is 0 Å². The van der Waals surface area contributed by atoms with Crippen molar-refractivity contribution < 1.29 is 4.74 Å². The summed E-state index contributed by atoms with van der Waals surface area (Å²) in [5.41, 5.74) is 0.253. The second-order valence-electron chi connectivity index (χ2n) is 4.59. The Morgan fingerprint density at radius 2 is 2.29 bits per heavy atom. The van der Waals surface area contributed by atoms with Crippen LogP contribution < -0.4 is 10.6 Å². The molecule has 0 bridgehead atoms. The van der Waals surface area contributed by atoms with E-state index in [1.807, 2.05) is 0 Å². The summed E-state index contributed by atoms with van der Waals surface area (Å²) in [4.78, 5) is 0. The van der Waals surface area contributed by atoms with E-state index in [-0.39, 0.29) is 5.41 Å². The van der Waals surface area contributed by atoms with Crippen LogP contribution in [0.25, 0.3) is 0 Å². The number of hydrogen-bond acceptors (Lipinski definition) is 2. The number of ether oxygens (including phenoxy) is 1. The van der Waals surface area contributed by atoms with Crippen LogP contribution in [0.15, 0.2) is 0 Å². The van der Waals surface area contributed by atoms with E-state index in [0.717, 1.165) is 31.3 Å². The van der Waals surface area contributed by atoms with Crippen LogP contribution in [0, 0.1) is 5.41 Å². The molecule has 0 radical (unpaired) electrons. The zero-order chi connectivity index (χ0) is 10.6. The van der Waals surface area contributed by atoms with Crippen LogP contribution in [0.1, 0.15) is 27.2 Å². The summed E-state index contributed by atoms with van der Waals surface area (Å²) in [6.45, 7) is 8.99. The summed E-state index contributed by atoms with van der Waals surface area (Å²) in [6, 6.07) is 0.391. The van der Waals surface area contributed by atoms with E-state index in [2.05, 4.69) is 31.4 Å². The van der Waals surface area contributed by atoms with Crippen molar-refractivity contribution in [2.75, 3.05) is 19.8 Å². The minimum absolute atomic E-state index is 0.253. The van der Waals surface area contributed by atoms with Gasteiger partial charge in [-0.15, -0.1) is 0 Å². The molecule has 1 atom stereocenters. The lowest BCUT2D eigenvalue weighted by molar-refractivity contribution is 0.160. The van der Waals surface area contributed by atoms with Crippen LogP contribution in [-0.4, -0.2) is 30.9 Å². The van der Waals surface area contributed by atoms with E-state index >= 15 is 0 Å². The molecule has 0 saturated carbocycles. The third kappa shape index (κ3) is 3.80. The van der Waals surface area contributed by atoms with Crippen molar-refractivity contribution in [3.8, 4) is 0 Å². The lowest BCUT2D eigenvalue weighted by Crippen LogP contribution is -2.44. The SMILES string of the molecule is CC(C)NC(=S)NCC1(C)CCOC1. The zero-order valence-electron chi connectivity index (χ0n) is 9.22. The predicted octanol–water partition coefficient (Wildman–Crippen LogP) is 1.29. The molecule has 3 nitrogen and oxygen atoms in total. The van der Waals surface area contributed by atoms with Crippen LogP contribution >= 0.6 is 12.2 Å². The second-order valence-corrected chi connectivity index (χ2v) is 5.00. The smallest absolute Gasteiger partial charge is 0.166 e. The van der Waals surface area contributed by atoms with Gasteiger partial charge in [-0.1, -0.05) is 6.92 Å². The van der Waals surface area contributed by atoms with Gasteiger partial charge in [0.2, 0.25) is 0 Å². The lowest BCUT2D eigenvalue weighted by Gasteiger charge is -2.23. The van der Waals surface area contributed by atoms with Gasteiger partial charge in [0.05, 0.1) is 6.61 Å². The number of rotatable bonds is 3. The van der Waals surface area contributed by atoms with Crippen molar-refractivity contribution in [2.24, 2.45) is 5.41 Å². The molecular formula is C10H20N2OS. The molecule has 0 spiro atoms. The van der Waals surface area contributed by atoms with Crippen LogP contribution in [0.5, 0.6) is 0 Å². The molecule has 1 aliphatic heterocycles. The van der Waals surface area contributed by atoms with E-state index in [9.17, 15) is 0 Å². The van der Waals surface area contributed by atoms with E-state index in [1.54, 1.807) is 0 Å². The average Bonchev–Trinajstić information content (AvgIpc) is 2.49. The predicted molar refractivity (Wildman–Crippen MR) is 62.4 cm³/mol. The van der Waals surface area contributed by atoms with Crippen molar-refractivity contribution in [2.45, 2.75) is 33.2 Å². The zero-order valence-corrected chi connectivity index (χ0v) is 10.0. The standard InChI is InChI=1S/C10H20N2OS/c1-8(2)12-9(14)11-6-10(3)4-5-13-7-10/h8H,4-7H2,1-3H3,(H2,11,12,14). The average molecular weight is 216 g/mol. The first-order valence-electron chi connectivity index (χ1n) is 5.14. The topological polar surface area (TPSA) is 33.3 Å². The Morgan fingerprint density at radius 1 is 1.57 bits per heavy atom. The molecule has 1 rings (SSSR count). The number of hydrogen-bond donors (Lipinski definition) is 2. The molecule has 1 fully saturated rings. The summed E-state index contributed by atoms with van der Waals surface area (Å²) < 4.78 is 5.37. The molecule has 4 heteroatoms. The van der Waals surface area contributed by atoms with E-state index < -0.39 is 0 Å². The molecule has 2 N–H and O–H groups in total. The van der Waals surface area contributed by atoms with Crippen molar-refractivity contribution in [3.05, 3.63) is 0 Å². The van der Waals surface area contributed by atoms with Crippen molar-refractivity contribution in [3.63, 3.8) is 0 Å². The minimum Gasteiger partial charge on any atom is -0.381 e. The Kier molecular flexibility index (Phi) is 4.13. The Hall–Kier alpha value is -0.350. The third-order valence-corrected chi connectivity index (χ3v) is 2.66. The Labute approximate surface area is 91.6 Å². The Bertz CT molecular complexity index is 200. The Balaban J connectivity index is 2.22. The first kappa shape index (κ1) is 11.7. The van der Waals surface area contributed by atoms with E-state index in [1.165, 1.54) is 0 Å². The molecule has 1 saturated heterocycles. The van der Waals surface area contributed by atoms with Gasteiger partial charge in [-0.2, -0.15) is 0 Å². The van der Waals surface area contributed by atoms with Crippen LogP contribution in [0.4, 0.5) is 0 Å². The van der Waals surface area contributed by atoms with Gasteiger partial charge in [-0.3, -0.25) is 0 Å². The highest BCUT2D eigenvalue weighted by molar-refractivity contribution is 7.80. The van der Waals surface area contributed by atoms with Crippen molar-refractivity contribution in [1.29, 1.82) is 0 Å². The molecule has 0 aromatic rings. The van der Waals surface area contributed by atoms with Gasteiger partial charge in [0.15, 0.2) is 5.11 Å². The van der Waals surface area contributed by atoms with E-state index in [4.69, 9.17) is 17.0 Å². The number of thiocarbonyl (C=S) groups is 1. The van der Waals surface area contributed by atoms with Gasteiger partial charge in [0.1, 0.15) is 0 Å². The van der Waals surface area contributed by atoms with Gasteiger partial charge in [-0.05, 0) is 32.5 Å². The quantitative estimate of drug-likeness (QED) is 0.696. The fourth-order valence-corrected chi connectivity index (χ4v) is 1.76.